The number of morpholine rings is 1. The zero-order valence-electron chi connectivity index (χ0n) is 14.3. The predicted molar refractivity (Wildman–Crippen MR) is 89.3 cm³/mol. The minimum Gasteiger partial charge on any atom is -0.490 e. The third-order valence-electron chi connectivity index (χ3n) is 3.74. The van der Waals surface area contributed by atoms with E-state index in [2.05, 4.69) is 13.8 Å². The lowest BCUT2D eigenvalue weighted by atomic mass is 10.1. The van der Waals surface area contributed by atoms with Gasteiger partial charge in [0.05, 0.1) is 32.5 Å². The highest BCUT2D eigenvalue weighted by atomic mass is 16.5. The Bertz CT molecular complexity index is 518. The average molecular weight is 321 g/mol. The summed E-state index contributed by atoms with van der Waals surface area (Å²) in [4.78, 5) is 14.6. The molecule has 0 aromatic heterocycles. The minimum absolute atomic E-state index is 0.0178. The number of carbonyl (C=O) groups is 1. The molecule has 1 aliphatic rings. The maximum Gasteiger partial charge on any atom is 0.254 e. The molecule has 2 rings (SSSR count). The van der Waals surface area contributed by atoms with Crippen LogP contribution in [0.25, 0.3) is 0 Å². The second kappa shape index (κ2) is 8.77. The van der Waals surface area contributed by atoms with Crippen molar-refractivity contribution in [2.24, 2.45) is 0 Å². The van der Waals surface area contributed by atoms with E-state index in [1.807, 2.05) is 24.0 Å². The van der Waals surface area contributed by atoms with Gasteiger partial charge in [-0.3, -0.25) is 4.79 Å². The molecule has 1 saturated heterocycles. The van der Waals surface area contributed by atoms with Crippen LogP contribution < -0.4 is 9.47 Å². The van der Waals surface area contributed by atoms with Gasteiger partial charge in [0.25, 0.3) is 5.91 Å². The van der Waals surface area contributed by atoms with Crippen molar-refractivity contribution in [3.8, 4) is 11.5 Å². The van der Waals surface area contributed by atoms with Gasteiger partial charge in [-0.05, 0) is 38.0 Å². The van der Waals surface area contributed by atoms with E-state index in [-0.39, 0.29) is 11.9 Å². The summed E-state index contributed by atoms with van der Waals surface area (Å²) in [5.74, 6) is 1.36. The van der Waals surface area contributed by atoms with E-state index in [0.717, 1.165) is 12.8 Å². The smallest absolute Gasteiger partial charge is 0.254 e. The molecule has 1 aromatic rings. The fourth-order valence-electron chi connectivity index (χ4n) is 2.49. The van der Waals surface area contributed by atoms with Crippen LogP contribution in [0.2, 0.25) is 0 Å². The van der Waals surface area contributed by atoms with Crippen molar-refractivity contribution in [3.05, 3.63) is 23.8 Å². The first-order valence-electron chi connectivity index (χ1n) is 8.45. The lowest BCUT2D eigenvalue weighted by Gasteiger charge is -2.33. The van der Waals surface area contributed by atoms with Crippen LogP contribution >= 0.6 is 0 Å². The van der Waals surface area contributed by atoms with Crippen molar-refractivity contribution in [3.63, 3.8) is 0 Å². The largest absolute Gasteiger partial charge is 0.490 e. The first-order valence-corrected chi connectivity index (χ1v) is 8.45. The molecule has 1 fully saturated rings. The van der Waals surface area contributed by atoms with Gasteiger partial charge in [-0.2, -0.15) is 0 Å². The van der Waals surface area contributed by atoms with E-state index < -0.39 is 0 Å². The molecule has 0 bridgehead atoms. The summed E-state index contributed by atoms with van der Waals surface area (Å²) in [6, 6.07) is 5.53. The van der Waals surface area contributed by atoms with E-state index in [4.69, 9.17) is 14.2 Å². The Labute approximate surface area is 138 Å². The summed E-state index contributed by atoms with van der Waals surface area (Å²) >= 11 is 0. The molecule has 0 aliphatic carbocycles. The summed E-state index contributed by atoms with van der Waals surface area (Å²) in [5.41, 5.74) is 0.633. The molecule has 1 aromatic carbocycles. The van der Waals surface area contributed by atoms with E-state index >= 15 is 0 Å². The molecule has 0 N–H and O–H groups in total. The number of rotatable bonds is 7. The van der Waals surface area contributed by atoms with E-state index in [1.54, 1.807) is 6.07 Å². The Morgan fingerprint density at radius 2 is 1.91 bits per heavy atom. The third kappa shape index (κ3) is 4.61. The van der Waals surface area contributed by atoms with E-state index in [9.17, 15) is 4.79 Å². The van der Waals surface area contributed by atoms with Crippen LogP contribution in [-0.4, -0.2) is 49.8 Å². The third-order valence-corrected chi connectivity index (χ3v) is 3.74. The molecule has 0 radical (unpaired) electrons. The van der Waals surface area contributed by atoms with Gasteiger partial charge < -0.3 is 19.1 Å². The van der Waals surface area contributed by atoms with Gasteiger partial charge in [0.15, 0.2) is 11.5 Å². The highest BCUT2D eigenvalue weighted by Crippen LogP contribution is 2.29. The Hall–Kier alpha value is -1.75. The summed E-state index contributed by atoms with van der Waals surface area (Å²) in [5, 5.41) is 0. The molecule has 0 spiro atoms. The molecule has 1 atom stereocenters. The number of nitrogens with zero attached hydrogens (tertiary/aromatic N) is 1. The second-order valence-corrected chi connectivity index (χ2v) is 5.78. The topological polar surface area (TPSA) is 48.0 Å². The van der Waals surface area contributed by atoms with Gasteiger partial charge in [-0.1, -0.05) is 13.8 Å². The molecule has 1 heterocycles. The summed E-state index contributed by atoms with van der Waals surface area (Å²) in [6.07, 6.45) is 1.84. The quantitative estimate of drug-likeness (QED) is 0.774. The molecule has 0 unspecified atom stereocenters. The van der Waals surface area contributed by atoms with Crippen molar-refractivity contribution in [1.82, 2.24) is 4.90 Å². The van der Waals surface area contributed by atoms with Crippen LogP contribution in [0.3, 0.4) is 0 Å². The van der Waals surface area contributed by atoms with Gasteiger partial charge in [0.1, 0.15) is 0 Å². The first kappa shape index (κ1) is 17.6. The van der Waals surface area contributed by atoms with Crippen LogP contribution in [0.1, 0.15) is 44.0 Å². The molecule has 1 aliphatic heterocycles. The Kier molecular flexibility index (Phi) is 6.71. The van der Waals surface area contributed by atoms with Gasteiger partial charge in [0, 0.05) is 12.1 Å². The molecule has 0 saturated carbocycles. The van der Waals surface area contributed by atoms with Crippen molar-refractivity contribution >= 4 is 5.91 Å². The number of carbonyl (C=O) groups excluding carboxylic acids is 1. The van der Waals surface area contributed by atoms with Crippen LogP contribution in [0.5, 0.6) is 11.5 Å². The molecule has 1 amide bonds. The van der Waals surface area contributed by atoms with Gasteiger partial charge >= 0.3 is 0 Å². The van der Waals surface area contributed by atoms with Crippen molar-refractivity contribution in [2.45, 2.75) is 39.7 Å². The second-order valence-electron chi connectivity index (χ2n) is 5.78. The molecule has 128 valence electrons. The Morgan fingerprint density at radius 3 is 2.57 bits per heavy atom. The van der Waals surface area contributed by atoms with E-state index in [1.165, 1.54) is 0 Å². The summed E-state index contributed by atoms with van der Waals surface area (Å²) < 4.78 is 16.9. The fourth-order valence-corrected chi connectivity index (χ4v) is 2.49. The van der Waals surface area contributed by atoms with Crippen LogP contribution in [0.15, 0.2) is 18.2 Å². The zero-order chi connectivity index (χ0) is 16.7. The van der Waals surface area contributed by atoms with E-state index in [0.29, 0.717) is 50.0 Å². The highest BCUT2D eigenvalue weighted by Gasteiger charge is 2.25. The van der Waals surface area contributed by atoms with Gasteiger partial charge in [0.2, 0.25) is 0 Å². The predicted octanol–water partition coefficient (Wildman–Crippen LogP) is 3.13. The number of benzene rings is 1. The maximum absolute atomic E-state index is 12.7. The lowest BCUT2D eigenvalue weighted by molar-refractivity contribution is 0.00357. The van der Waals surface area contributed by atoms with Crippen LogP contribution in [0, 0.1) is 0 Å². The zero-order valence-corrected chi connectivity index (χ0v) is 14.3. The maximum atomic E-state index is 12.7. The average Bonchev–Trinajstić information content (AvgIpc) is 2.58. The van der Waals surface area contributed by atoms with Gasteiger partial charge in [-0.15, -0.1) is 0 Å². The standard InChI is InChI=1S/C18H27NO4/c1-4-9-22-16-7-6-15(12-17(16)23-10-5-2)18(20)19-8-11-21-13-14(19)3/h6-7,12,14H,4-5,8-11,13H2,1-3H3/t14-/m1/s1. The number of ether oxygens (including phenoxy) is 3. The van der Waals surface area contributed by atoms with Crippen molar-refractivity contribution in [2.75, 3.05) is 33.0 Å². The molecule has 23 heavy (non-hydrogen) atoms. The molecule has 5 heteroatoms. The van der Waals surface area contributed by atoms with Crippen LogP contribution in [-0.2, 0) is 4.74 Å². The number of amides is 1. The molecular weight excluding hydrogens is 294 g/mol. The molecular formula is C18H27NO4. The van der Waals surface area contributed by atoms with Crippen molar-refractivity contribution in [1.29, 1.82) is 0 Å². The van der Waals surface area contributed by atoms with Crippen LogP contribution in [0.4, 0.5) is 0 Å². The van der Waals surface area contributed by atoms with Gasteiger partial charge in [-0.25, -0.2) is 0 Å². The summed E-state index contributed by atoms with van der Waals surface area (Å²) in [7, 11) is 0. The Morgan fingerprint density at radius 1 is 1.22 bits per heavy atom. The normalized spacial score (nSPS) is 17.9. The Balaban J connectivity index is 2.19. The SMILES string of the molecule is CCCOc1ccc(C(=O)N2CCOC[C@H]2C)cc1OCCC. The monoisotopic (exact) mass is 321 g/mol. The minimum atomic E-state index is 0.0178. The van der Waals surface area contributed by atoms with Crippen molar-refractivity contribution < 1.29 is 19.0 Å². The number of hydrogen-bond donors (Lipinski definition) is 0. The lowest BCUT2D eigenvalue weighted by Crippen LogP contribution is -2.47. The summed E-state index contributed by atoms with van der Waals surface area (Å²) in [6.45, 7) is 9.16. The first-order chi connectivity index (χ1) is 11.2. The fraction of sp³-hybridized carbons (Fsp3) is 0.611. The molecule has 5 nitrogen and oxygen atoms in total. The highest BCUT2D eigenvalue weighted by molar-refractivity contribution is 5.95. The number of hydrogen-bond acceptors (Lipinski definition) is 4.